The Balaban J connectivity index is 2.27. The Bertz CT molecular complexity index is 1080. The zero-order valence-electron chi connectivity index (χ0n) is 13.3. The van der Waals surface area contributed by atoms with Gasteiger partial charge in [-0.05, 0) is 12.1 Å². The van der Waals surface area contributed by atoms with E-state index in [-0.39, 0.29) is 23.1 Å². The average Bonchev–Trinajstić information content (AvgIpc) is 3.11. The number of nitro benzene ring substituents is 1. The topological polar surface area (TPSA) is 132 Å². The molecule has 0 aliphatic heterocycles. The summed E-state index contributed by atoms with van der Waals surface area (Å²) in [4.78, 5) is 36.6. The predicted octanol–water partition coefficient (Wildman–Crippen LogP) is 1.38. The average molecular weight is 355 g/mol. The molecule has 10 heteroatoms. The molecule has 0 aliphatic rings. The summed E-state index contributed by atoms with van der Waals surface area (Å²) in [5.41, 5.74) is 0.985. The third-order valence-electron chi connectivity index (χ3n) is 3.69. The molecular weight excluding hydrogens is 342 g/mol. The number of nitrogens with one attached hydrogen (secondary N) is 1. The maximum Gasteiger partial charge on any atom is 0.280 e. The van der Waals surface area contributed by atoms with Crippen LogP contribution in [-0.2, 0) is 6.54 Å². The third-order valence-corrected chi connectivity index (χ3v) is 3.69. The SMILES string of the molecule is C=CCn1c(=O)c(C(=O)Nn2cccn2)c(O)c2cc([N+](=O)[O-])ccc21. The van der Waals surface area contributed by atoms with Crippen LogP contribution in [0.1, 0.15) is 10.4 Å². The van der Waals surface area contributed by atoms with Crippen LogP contribution in [0.25, 0.3) is 10.9 Å². The highest BCUT2D eigenvalue weighted by atomic mass is 16.6. The molecule has 0 spiro atoms. The van der Waals surface area contributed by atoms with E-state index in [2.05, 4.69) is 17.1 Å². The van der Waals surface area contributed by atoms with Crippen molar-refractivity contribution >= 4 is 22.5 Å². The van der Waals surface area contributed by atoms with Crippen molar-refractivity contribution in [3.05, 3.63) is 75.3 Å². The minimum atomic E-state index is -0.901. The highest BCUT2D eigenvalue weighted by Crippen LogP contribution is 2.29. The number of nitro groups is 1. The zero-order valence-corrected chi connectivity index (χ0v) is 13.3. The minimum Gasteiger partial charge on any atom is -0.506 e. The van der Waals surface area contributed by atoms with E-state index in [1.165, 1.54) is 35.2 Å². The maximum atomic E-state index is 12.7. The summed E-state index contributed by atoms with van der Waals surface area (Å²) >= 11 is 0. The van der Waals surface area contributed by atoms with Crippen molar-refractivity contribution in [3.8, 4) is 5.75 Å². The normalized spacial score (nSPS) is 10.6. The van der Waals surface area contributed by atoms with Gasteiger partial charge in [-0.25, -0.2) is 5.43 Å². The van der Waals surface area contributed by atoms with E-state index < -0.39 is 27.7 Å². The van der Waals surface area contributed by atoms with Crippen LogP contribution in [0.2, 0.25) is 0 Å². The van der Waals surface area contributed by atoms with Gasteiger partial charge in [0.25, 0.3) is 17.2 Å². The van der Waals surface area contributed by atoms with Crippen LogP contribution >= 0.6 is 0 Å². The molecule has 0 atom stereocenters. The molecule has 0 bridgehead atoms. The standard InChI is InChI=1S/C16H13N5O5/c1-2-7-19-12-5-4-10(21(25)26)9-11(12)14(22)13(16(19)24)15(23)18-20-8-3-6-17-20/h2-6,8-9,22H,1,7H2,(H,18,23). The number of rotatable bonds is 5. The molecule has 2 N–H and O–H groups in total. The number of non-ortho nitro benzene ring substituents is 1. The fourth-order valence-corrected chi connectivity index (χ4v) is 2.55. The lowest BCUT2D eigenvalue weighted by Crippen LogP contribution is -2.32. The molecule has 2 aromatic heterocycles. The van der Waals surface area contributed by atoms with Gasteiger partial charge in [-0.3, -0.25) is 19.7 Å². The van der Waals surface area contributed by atoms with Gasteiger partial charge < -0.3 is 9.67 Å². The van der Waals surface area contributed by atoms with Gasteiger partial charge in [-0.1, -0.05) is 6.08 Å². The number of aromatic hydroxyl groups is 1. The number of fused-ring (bicyclic) bond motifs is 1. The number of aromatic nitrogens is 3. The molecule has 1 amide bonds. The van der Waals surface area contributed by atoms with Gasteiger partial charge >= 0.3 is 0 Å². The van der Waals surface area contributed by atoms with Crippen molar-refractivity contribution in [3.63, 3.8) is 0 Å². The molecule has 1 aromatic carbocycles. The van der Waals surface area contributed by atoms with Gasteiger partial charge in [0.05, 0.1) is 16.6 Å². The monoisotopic (exact) mass is 355 g/mol. The molecule has 0 radical (unpaired) electrons. The fraction of sp³-hybridized carbons (Fsp3) is 0.0625. The largest absolute Gasteiger partial charge is 0.506 e. The number of allylic oxidation sites excluding steroid dienone is 1. The third kappa shape index (κ3) is 2.79. The van der Waals surface area contributed by atoms with Crippen molar-refractivity contribution in [2.24, 2.45) is 0 Å². The number of carbonyl (C=O) groups excluding carboxylic acids is 1. The smallest absolute Gasteiger partial charge is 0.280 e. The first-order valence-electron chi connectivity index (χ1n) is 7.40. The Morgan fingerprint density at radius 1 is 1.46 bits per heavy atom. The number of pyridine rings is 1. The predicted molar refractivity (Wildman–Crippen MR) is 92.6 cm³/mol. The first-order chi connectivity index (χ1) is 12.4. The summed E-state index contributed by atoms with van der Waals surface area (Å²) in [7, 11) is 0. The van der Waals surface area contributed by atoms with Gasteiger partial charge in [0.1, 0.15) is 11.3 Å². The molecule has 0 saturated carbocycles. The highest BCUT2D eigenvalue weighted by molar-refractivity contribution is 6.06. The first-order valence-corrected chi connectivity index (χ1v) is 7.40. The molecule has 3 aromatic rings. The number of amides is 1. The first kappa shape index (κ1) is 16.9. The van der Waals surface area contributed by atoms with Crippen LogP contribution in [0.5, 0.6) is 5.75 Å². The molecule has 0 aliphatic carbocycles. The van der Waals surface area contributed by atoms with E-state index in [9.17, 15) is 24.8 Å². The Kier molecular flexibility index (Phi) is 4.23. The van der Waals surface area contributed by atoms with E-state index in [1.54, 1.807) is 6.07 Å². The van der Waals surface area contributed by atoms with E-state index >= 15 is 0 Å². The molecule has 0 fully saturated rings. The van der Waals surface area contributed by atoms with Crippen LogP contribution in [-0.4, -0.2) is 30.4 Å². The lowest BCUT2D eigenvalue weighted by Gasteiger charge is -2.13. The number of benzene rings is 1. The number of nitrogens with zero attached hydrogens (tertiary/aromatic N) is 4. The summed E-state index contributed by atoms with van der Waals surface area (Å²) in [6.07, 6.45) is 4.29. The van der Waals surface area contributed by atoms with Crippen LogP contribution in [0.4, 0.5) is 5.69 Å². The lowest BCUT2D eigenvalue weighted by molar-refractivity contribution is -0.384. The Hall–Kier alpha value is -3.95. The number of hydrogen-bond donors (Lipinski definition) is 2. The second-order valence-corrected chi connectivity index (χ2v) is 5.28. The Morgan fingerprint density at radius 2 is 2.23 bits per heavy atom. The van der Waals surface area contributed by atoms with E-state index in [0.29, 0.717) is 0 Å². The second kappa shape index (κ2) is 6.51. The summed E-state index contributed by atoms with van der Waals surface area (Å²) < 4.78 is 1.20. The van der Waals surface area contributed by atoms with Crippen LogP contribution < -0.4 is 11.0 Å². The second-order valence-electron chi connectivity index (χ2n) is 5.28. The minimum absolute atomic E-state index is 0.00580. The van der Waals surface area contributed by atoms with Crippen molar-refractivity contribution in [1.29, 1.82) is 0 Å². The van der Waals surface area contributed by atoms with Crippen molar-refractivity contribution in [2.45, 2.75) is 6.54 Å². The molecule has 0 unspecified atom stereocenters. The van der Waals surface area contributed by atoms with Crippen LogP contribution in [0.15, 0.2) is 54.1 Å². The number of hydrogen-bond acceptors (Lipinski definition) is 6. The van der Waals surface area contributed by atoms with Gasteiger partial charge in [-0.2, -0.15) is 9.89 Å². The van der Waals surface area contributed by atoms with Gasteiger partial charge in [0.15, 0.2) is 0 Å². The summed E-state index contributed by atoms with van der Waals surface area (Å²) in [6, 6.07) is 5.21. The van der Waals surface area contributed by atoms with Crippen LogP contribution in [0.3, 0.4) is 0 Å². The molecule has 0 saturated heterocycles. The van der Waals surface area contributed by atoms with Crippen LogP contribution in [0, 0.1) is 10.1 Å². The summed E-state index contributed by atoms with van der Waals surface area (Å²) in [6.45, 7) is 3.61. The molecule has 26 heavy (non-hydrogen) atoms. The van der Waals surface area contributed by atoms with E-state index in [0.717, 1.165) is 10.9 Å². The van der Waals surface area contributed by atoms with Crippen molar-refractivity contribution < 1.29 is 14.8 Å². The van der Waals surface area contributed by atoms with Gasteiger partial charge in [0.2, 0.25) is 0 Å². The molecular formula is C16H13N5O5. The molecule has 10 nitrogen and oxygen atoms in total. The summed E-state index contributed by atoms with van der Waals surface area (Å²) in [5.74, 6) is -1.54. The van der Waals surface area contributed by atoms with Gasteiger partial charge in [0, 0.05) is 30.3 Å². The Labute approximate surface area is 145 Å². The highest BCUT2D eigenvalue weighted by Gasteiger charge is 2.23. The summed E-state index contributed by atoms with van der Waals surface area (Å²) in [5, 5.41) is 25.3. The van der Waals surface area contributed by atoms with E-state index in [1.807, 2.05) is 0 Å². The fourth-order valence-electron chi connectivity index (χ4n) is 2.55. The maximum absolute atomic E-state index is 12.7. The molecule has 132 valence electrons. The van der Waals surface area contributed by atoms with Crippen molar-refractivity contribution in [1.82, 2.24) is 14.5 Å². The molecule has 3 rings (SSSR count). The molecule has 2 heterocycles. The number of carbonyl (C=O) groups is 1. The quantitative estimate of drug-likeness (QED) is 0.404. The lowest BCUT2D eigenvalue weighted by atomic mass is 10.1. The van der Waals surface area contributed by atoms with Gasteiger partial charge in [-0.15, -0.1) is 6.58 Å². The van der Waals surface area contributed by atoms with E-state index in [4.69, 9.17) is 0 Å². The van der Waals surface area contributed by atoms with Crippen molar-refractivity contribution in [2.75, 3.05) is 5.43 Å². The Morgan fingerprint density at radius 3 is 2.85 bits per heavy atom. The zero-order chi connectivity index (χ0) is 18.8.